The van der Waals surface area contributed by atoms with Gasteiger partial charge in [0.2, 0.25) is 5.91 Å². The fourth-order valence-corrected chi connectivity index (χ4v) is 8.73. The average Bonchev–Trinajstić information content (AvgIpc) is 3.70. The summed E-state index contributed by atoms with van der Waals surface area (Å²) >= 11 is 0. The Hall–Kier alpha value is -3.65. The zero-order valence-corrected chi connectivity index (χ0v) is 25.4. The van der Waals surface area contributed by atoms with Crippen LogP contribution in [0.1, 0.15) is 68.2 Å². The number of aryl methyl sites for hydroxylation is 1. The molecule has 5 aliphatic rings. The number of nitrogens with zero attached hydrogens (tertiary/aromatic N) is 2. The molecule has 7 rings (SSSR count). The summed E-state index contributed by atoms with van der Waals surface area (Å²) in [6, 6.07) is 11.7. The molecule has 43 heavy (non-hydrogen) atoms. The predicted molar refractivity (Wildman–Crippen MR) is 161 cm³/mol. The lowest BCUT2D eigenvalue weighted by Crippen LogP contribution is -2.79. The molecule has 2 bridgehead atoms. The molecule has 2 saturated carbocycles. The standard InChI is InChI=1S/C35H40N2O6/c1-21-6-5-7-24(18-21)10-13-30(40)36(4)27-14-15-35(43-23(3)39)29-19-26-11-12-28(41-22(2)38)32-31(26)34(35,33(27)42-32)16-17-37(29)20-25-8-9-25/h5-7,10-13,18,25,27,29,33H,8-9,14-17,19-20H2,1-4H3/b13-10+/t27?,29-,33?,34+,35-/m1/s1. The molecule has 5 atom stereocenters. The quantitative estimate of drug-likeness (QED) is 0.267. The third-order valence-electron chi connectivity index (χ3n) is 10.6. The predicted octanol–water partition coefficient (Wildman–Crippen LogP) is 4.60. The number of hydrogen-bond donors (Lipinski definition) is 0. The molecule has 8 nitrogen and oxygen atoms in total. The third-order valence-corrected chi connectivity index (χ3v) is 10.6. The van der Waals surface area contributed by atoms with Gasteiger partial charge in [0.05, 0.1) is 17.5 Å². The Kier molecular flexibility index (Phi) is 6.69. The van der Waals surface area contributed by atoms with Gasteiger partial charge < -0.3 is 19.1 Å². The number of likely N-dealkylation sites (N-methyl/N-ethyl adjacent to an activating group) is 1. The molecule has 1 saturated heterocycles. The van der Waals surface area contributed by atoms with Crippen molar-refractivity contribution >= 4 is 23.9 Å². The Bertz CT molecular complexity index is 1530. The molecule has 0 aromatic heterocycles. The number of rotatable bonds is 7. The lowest BCUT2D eigenvalue weighted by Gasteiger charge is -2.65. The van der Waals surface area contributed by atoms with Crippen LogP contribution in [0.5, 0.6) is 11.5 Å². The fourth-order valence-electron chi connectivity index (χ4n) is 8.73. The Labute approximate surface area is 253 Å². The molecule has 2 aromatic carbocycles. The minimum Gasteiger partial charge on any atom is -0.483 e. The molecule has 2 aliphatic heterocycles. The minimum atomic E-state index is -0.804. The highest BCUT2D eigenvalue weighted by atomic mass is 16.6. The Morgan fingerprint density at radius 2 is 1.91 bits per heavy atom. The van der Waals surface area contributed by atoms with E-state index in [9.17, 15) is 14.4 Å². The first-order valence-corrected chi connectivity index (χ1v) is 15.6. The molecular formula is C35H40N2O6. The number of hydrogen-bond acceptors (Lipinski definition) is 7. The lowest BCUT2D eigenvalue weighted by atomic mass is 9.48. The van der Waals surface area contributed by atoms with Crippen molar-refractivity contribution in [1.82, 2.24) is 9.80 Å². The molecule has 2 heterocycles. The first kappa shape index (κ1) is 28.1. The van der Waals surface area contributed by atoms with Gasteiger partial charge in [-0.25, -0.2) is 0 Å². The van der Waals surface area contributed by atoms with E-state index in [1.54, 1.807) is 11.0 Å². The Morgan fingerprint density at radius 1 is 1.09 bits per heavy atom. The van der Waals surface area contributed by atoms with Crippen LogP contribution in [0.3, 0.4) is 0 Å². The molecule has 2 unspecified atom stereocenters. The molecule has 3 fully saturated rings. The highest BCUT2D eigenvalue weighted by molar-refractivity contribution is 5.92. The van der Waals surface area contributed by atoms with E-state index in [-0.39, 0.29) is 24.0 Å². The van der Waals surface area contributed by atoms with Crippen molar-refractivity contribution in [2.45, 2.75) is 88.5 Å². The Balaban J connectivity index is 1.32. The SMILES string of the molecule is CC(=O)Oc1ccc2c3c1OC1C(N(C)C(=O)/C=C/c4cccc(C)c4)CC[C@@]4(OC(C)=O)[C@@H](C2)N(CC2CC2)CC[C@]314. The van der Waals surface area contributed by atoms with Crippen LogP contribution in [0.2, 0.25) is 0 Å². The number of benzene rings is 2. The molecule has 0 radical (unpaired) electrons. The highest BCUT2D eigenvalue weighted by Crippen LogP contribution is 2.67. The zero-order chi connectivity index (χ0) is 30.1. The number of piperidine rings is 1. The summed E-state index contributed by atoms with van der Waals surface area (Å²) in [6.45, 7) is 6.79. The van der Waals surface area contributed by atoms with Gasteiger partial charge in [0, 0.05) is 39.1 Å². The van der Waals surface area contributed by atoms with Crippen molar-refractivity contribution in [3.8, 4) is 11.5 Å². The van der Waals surface area contributed by atoms with Crippen LogP contribution in [-0.4, -0.2) is 71.6 Å². The summed E-state index contributed by atoms with van der Waals surface area (Å²) in [5, 5.41) is 0. The van der Waals surface area contributed by atoms with Gasteiger partial charge in [-0.15, -0.1) is 0 Å². The summed E-state index contributed by atoms with van der Waals surface area (Å²) in [5.41, 5.74) is 2.78. The largest absolute Gasteiger partial charge is 0.483 e. The van der Waals surface area contributed by atoms with E-state index in [1.165, 1.54) is 26.7 Å². The highest BCUT2D eigenvalue weighted by Gasteiger charge is 2.75. The van der Waals surface area contributed by atoms with Crippen LogP contribution in [0, 0.1) is 12.8 Å². The van der Waals surface area contributed by atoms with Crippen LogP contribution in [0.15, 0.2) is 42.5 Å². The van der Waals surface area contributed by atoms with Gasteiger partial charge in [0.1, 0.15) is 11.7 Å². The van der Waals surface area contributed by atoms with Crippen LogP contribution >= 0.6 is 0 Å². The van der Waals surface area contributed by atoms with Gasteiger partial charge in [-0.3, -0.25) is 19.3 Å². The maximum Gasteiger partial charge on any atom is 0.308 e. The molecule has 226 valence electrons. The van der Waals surface area contributed by atoms with Crippen molar-refractivity contribution in [3.05, 3.63) is 64.7 Å². The van der Waals surface area contributed by atoms with E-state index in [0.29, 0.717) is 30.3 Å². The topological polar surface area (TPSA) is 85.4 Å². The van der Waals surface area contributed by atoms with Gasteiger partial charge in [-0.1, -0.05) is 35.9 Å². The minimum absolute atomic E-state index is 0.0121. The van der Waals surface area contributed by atoms with Crippen molar-refractivity contribution in [2.24, 2.45) is 5.92 Å². The van der Waals surface area contributed by atoms with E-state index in [2.05, 4.69) is 11.0 Å². The molecular weight excluding hydrogens is 544 g/mol. The maximum absolute atomic E-state index is 13.7. The first-order valence-electron chi connectivity index (χ1n) is 15.6. The second-order valence-electron chi connectivity index (χ2n) is 13.2. The molecule has 8 heteroatoms. The molecule has 0 N–H and O–H groups in total. The number of carbonyl (C=O) groups is 3. The summed E-state index contributed by atoms with van der Waals surface area (Å²) in [7, 11) is 1.84. The van der Waals surface area contributed by atoms with Crippen LogP contribution < -0.4 is 9.47 Å². The van der Waals surface area contributed by atoms with Crippen molar-refractivity contribution < 1.29 is 28.6 Å². The van der Waals surface area contributed by atoms with Gasteiger partial charge >= 0.3 is 11.9 Å². The van der Waals surface area contributed by atoms with Crippen LogP contribution in [0.4, 0.5) is 0 Å². The van der Waals surface area contributed by atoms with Crippen molar-refractivity contribution in [2.75, 3.05) is 20.1 Å². The summed E-state index contributed by atoms with van der Waals surface area (Å²) in [5.74, 6) is 0.818. The first-order chi connectivity index (χ1) is 20.6. The van der Waals surface area contributed by atoms with Crippen molar-refractivity contribution in [1.29, 1.82) is 0 Å². The number of carbonyl (C=O) groups excluding carboxylic acids is 3. The number of esters is 2. The van der Waals surface area contributed by atoms with E-state index in [4.69, 9.17) is 14.2 Å². The van der Waals surface area contributed by atoms with Gasteiger partial charge in [-0.2, -0.15) is 0 Å². The third kappa shape index (κ3) is 4.40. The average molecular weight is 585 g/mol. The zero-order valence-electron chi connectivity index (χ0n) is 25.4. The lowest BCUT2D eigenvalue weighted by molar-refractivity contribution is -0.223. The second kappa shape index (κ2) is 10.2. The van der Waals surface area contributed by atoms with Crippen LogP contribution in [-0.2, 0) is 31.0 Å². The molecule has 2 aromatic rings. The molecule has 1 amide bonds. The number of amides is 1. The van der Waals surface area contributed by atoms with E-state index < -0.39 is 23.1 Å². The second-order valence-corrected chi connectivity index (χ2v) is 13.2. The van der Waals surface area contributed by atoms with Crippen LogP contribution in [0.25, 0.3) is 6.08 Å². The van der Waals surface area contributed by atoms with Gasteiger partial charge in [-0.05, 0) is 81.2 Å². The summed E-state index contributed by atoms with van der Waals surface area (Å²) in [4.78, 5) is 43.1. The normalized spacial score (nSPS) is 30.4. The Morgan fingerprint density at radius 3 is 2.63 bits per heavy atom. The van der Waals surface area contributed by atoms with Gasteiger partial charge in [0.25, 0.3) is 0 Å². The van der Waals surface area contributed by atoms with Gasteiger partial charge in [0.15, 0.2) is 11.5 Å². The monoisotopic (exact) mass is 584 g/mol. The van der Waals surface area contributed by atoms with Crippen molar-refractivity contribution in [3.63, 3.8) is 0 Å². The maximum atomic E-state index is 13.7. The molecule has 3 aliphatic carbocycles. The summed E-state index contributed by atoms with van der Waals surface area (Å²) < 4.78 is 19.2. The van der Waals surface area contributed by atoms with E-state index in [1.807, 2.05) is 50.4 Å². The summed E-state index contributed by atoms with van der Waals surface area (Å²) in [6.07, 6.45) is 8.23. The molecule has 1 spiro atoms. The fraction of sp³-hybridized carbons (Fsp3) is 0.514. The smallest absolute Gasteiger partial charge is 0.308 e. The number of ether oxygens (including phenoxy) is 3. The number of likely N-dealkylation sites (tertiary alicyclic amines) is 1. The van der Waals surface area contributed by atoms with E-state index >= 15 is 0 Å². The van der Waals surface area contributed by atoms with E-state index in [0.717, 1.165) is 48.2 Å².